The van der Waals surface area contributed by atoms with Gasteiger partial charge in [0, 0.05) is 12.3 Å². The molecule has 0 radical (unpaired) electrons. The maximum atomic E-state index is 13.9. The van der Waals surface area contributed by atoms with Gasteiger partial charge in [0.15, 0.2) is 0 Å². The molecule has 102 valence electrons. The molecule has 0 saturated carbocycles. The van der Waals surface area contributed by atoms with Crippen molar-refractivity contribution in [2.45, 2.75) is 32.2 Å². The number of ether oxygens (including phenoxy) is 1. The Morgan fingerprint density at radius 2 is 2.26 bits per heavy atom. The van der Waals surface area contributed by atoms with Crippen LogP contribution in [0.25, 0.3) is 0 Å². The monoisotopic (exact) mass is 265 g/mol. The van der Waals surface area contributed by atoms with E-state index in [1.165, 1.54) is 6.07 Å². The summed E-state index contributed by atoms with van der Waals surface area (Å²) in [5.41, 5.74) is 1.27. The third kappa shape index (κ3) is 2.75. The Bertz CT molecular complexity index is 515. The highest BCUT2D eigenvalue weighted by atomic mass is 19.1. The summed E-state index contributed by atoms with van der Waals surface area (Å²) in [5.74, 6) is -1.68. The van der Waals surface area contributed by atoms with Crippen LogP contribution in [0.4, 0.5) is 4.39 Å². The summed E-state index contributed by atoms with van der Waals surface area (Å²) in [5, 5.41) is 2.55. The molecule has 0 aliphatic carbocycles. The number of hydrogen-bond donors (Lipinski definition) is 1. The average Bonchev–Trinajstić information content (AvgIpc) is 2.75. The van der Waals surface area contributed by atoms with Gasteiger partial charge in [0.05, 0.1) is 6.61 Å². The lowest BCUT2D eigenvalue weighted by Crippen LogP contribution is -2.37. The molecule has 1 aromatic carbocycles. The van der Waals surface area contributed by atoms with Crippen molar-refractivity contribution >= 4 is 11.9 Å². The van der Waals surface area contributed by atoms with Gasteiger partial charge in [0.2, 0.25) is 5.91 Å². The summed E-state index contributed by atoms with van der Waals surface area (Å²) in [4.78, 5) is 23.3. The number of carbonyl (C=O) groups is 2. The second-order valence-electron chi connectivity index (χ2n) is 4.63. The highest BCUT2D eigenvalue weighted by Crippen LogP contribution is 2.31. The molecule has 1 heterocycles. The molecule has 0 bridgehead atoms. The van der Waals surface area contributed by atoms with Crippen LogP contribution in [0.15, 0.2) is 18.2 Å². The fourth-order valence-electron chi connectivity index (χ4n) is 2.34. The first-order chi connectivity index (χ1) is 9.02. The summed E-state index contributed by atoms with van der Waals surface area (Å²) < 4.78 is 18.8. The van der Waals surface area contributed by atoms with Crippen LogP contribution < -0.4 is 5.32 Å². The summed E-state index contributed by atoms with van der Waals surface area (Å²) >= 11 is 0. The Morgan fingerprint density at radius 3 is 2.95 bits per heavy atom. The third-order valence-electron chi connectivity index (χ3n) is 3.22. The van der Waals surface area contributed by atoms with Gasteiger partial charge in [-0.15, -0.1) is 0 Å². The standard InChI is InChI=1S/C14H16FNO3/c1-3-19-14(18)13-10(7-12(17)16-13)9-6-8(2)4-5-11(9)15/h4-6,10,13H,3,7H2,1-2H3,(H,16,17). The Labute approximate surface area is 110 Å². The molecule has 1 aromatic rings. The van der Waals surface area contributed by atoms with Crippen LogP contribution >= 0.6 is 0 Å². The van der Waals surface area contributed by atoms with Crippen LogP contribution in [0.3, 0.4) is 0 Å². The molecule has 1 aliphatic rings. The molecule has 0 aromatic heterocycles. The van der Waals surface area contributed by atoms with Gasteiger partial charge < -0.3 is 10.1 Å². The molecular formula is C14H16FNO3. The maximum Gasteiger partial charge on any atom is 0.329 e. The van der Waals surface area contributed by atoms with Gasteiger partial charge in [-0.05, 0) is 25.5 Å². The molecule has 2 unspecified atom stereocenters. The molecule has 5 heteroatoms. The van der Waals surface area contributed by atoms with E-state index in [1.54, 1.807) is 19.1 Å². The Balaban J connectivity index is 2.33. The van der Waals surface area contributed by atoms with Crippen LogP contribution in [0.2, 0.25) is 0 Å². The van der Waals surface area contributed by atoms with Gasteiger partial charge in [-0.1, -0.05) is 17.7 Å². The smallest absolute Gasteiger partial charge is 0.329 e. The molecule has 19 heavy (non-hydrogen) atoms. The van der Waals surface area contributed by atoms with Crippen molar-refractivity contribution in [3.8, 4) is 0 Å². The first-order valence-corrected chi connectivity index (χ1v) is 6.25. The quantitative estimate of drug-likeness (QED) is 0.846. The average molecular weight is 265 g/mol. The van der Waals surface area contributed by atoms with E-state index >= 15 is 0 Å². The van der Waals surface area contributed by atoms with E-state index in [-0.39, 0.29) is 18.9 Å². The molecule has 1 fully saturated rings. The zero-order valence-corrected chi connectivity index (χ0v) is 10.9. The summed E-state index contributed by atoms with van der Waals surface area (Å²) in [6.45, 7) is 3.76. The highest BCUT2D eigenvalue weighted by molar-refractivity contribution is 5.90. The number of nitrogens with one attached hydrogen (secondary N) is 1. The number of esters is 1. The predicted molar refractivity (Wildman–Crippen MR) is 67.1 cm³/mol. The van der Waals surface area contributed by atoms with Crippen LogP contribution in [-0.2, 0) is 14.3 Å². The fourth-order valence-corrected chi connectivity index (χ4v) is 2.34. The maximum absolute atomic E-state index is 13.9. The molecule has 1 aliphatic heterocycles. The first kappa shape index (κ1) is 13.5. The summed E-state index contributed by atoms with van der Waals surface area (Å²) in [6.07, 6.45) is 0.101. The lowest BCUT2D eigenvalue weighted by molar-refractivity contribution is -0.146. The van der Waals surface area contributed by atoms with Crippen LogP contribution in [0.1, 0.15) is 30.4 Å². The lowest BCUT2D eigenvalue weighted by Gasteiger charge is -2.18. The van der Waals surface area contributed by atoms with Gasteiger partial charge >= 0.3 is 5.97 Å². The minimum absolute atomic E-state index is 0.101. The number of benzene rings is 1. The minimum atomic E-state index is -0.802. The summed E-state index contributed by atoms with van der Waals surface area (Å²) in [6, 6.07) is 3.88. The number of amides is 1. The van der Waals surface area contributed by atoms with Crippen LogP contribution in [-0.4, -0.2) is 24.5 Å². The molecule has 2 atom stereocenters. The van der Waals surface area contributed by atoms with Gasteiger partial charge in [0.1, 0.15) is 11.9 Å². The van der Waals surface area contributed by atoms with Crippen molar-refractivity contribution in [3.05, 3.63) is 35.1 Å². The fraction of sp³-hybridized carbons (Fsp3) is 0.429. The van der Waals surface area contributed by atoms with Gasteiger partial charge in [-0.2, -0.15) is 0 Å². The zero-order valence-electron chi connectivity index (χ0n) is 10.9. The van der Waals surface area contributed by atoms with Crippen molar-refractivity contribution < 1.29 is 18.7 Å². The molecule has 4 nitrogen and oxygen atoms in total. The van der Waals surface area contributed by atoms with E-state index in [0.29, 0.717) is 5.56 Å². The Hall–Kier alpha value is -1.91. The van der Waals surface area contributed by atoms with Gasteiger partial charge in [0.25, 0.3) is 0 Å². The topological polar surface area (TPSA) is 55.4 Å². The van der Waals surface area contributed by atoms with Crippen molar-refractivity contribution in [1.82, 2.24) is 5.32 Å². The van der Waals surface area contributed by atoms with Crippen molar-refractivity contribution in [3.63, 3.8) is 0 Å². The number of rotatable bonds is 3. The Morgan fingerprint density at radius 1 is 1.53 bits per heavy atom. The van der Waals surface area contributed by atoms with E-state index in [2.05, 4.69) is 5.32 Å². The molecule has 1 amide bonds. The van der Waals surface area contributed by atoms with Gasteiger partial charge in [-0.25, -0.2) is 9.18 Å². The second kappa shape index (κ2) is 5.38. The van der Waals surface area contributed by atoms with E-state index in [0.717, 1.165) is 5.56 Å². The number of halogens is 1. The highest BCUT2D eigenvalue weighted by Gasteiger charge is 2.40. The number of hydrogen-bond acceptors (Lipinski definition) is 3. The predicted octanol–water partition coefficient (Wildman–Crippen LogP) is 1.67. The summed E-state index contributed by atoms with van der Waals surface area (Å²) in [7, 11) is 0. The van der Waals surface area contributed by atoms with E-state index in [4.69, 9.17) is 4.74 Å². The third-order valence-corrected chi connectivity index (χ3v) is 3.22. The lowest BCUT2D eigenvalue weighted by atomic mass is 9.90. The molecule has 1 saturated heterocycles. The second-order valence-corrected chi connectivity index (χ2v) is 4.63. The Kier molecular flexibility index (Phi) is 3.83. The minimum Gasteiger partial charge on any atom is -0.464 e. The largest absolute Gasteiger partial charge is 0.464 e. The molecule has 0 spiro atoms. The first-order valence-electron chi connectivity index (χ1n) is 6.25. The van der Waals surface area contributed by atoms with E-state index < -0.39 is 23.7 Å². The normalized spacial score (nSPS) is 22.2. The van der Waals surface area contributed by atoms with Gasteiger partial charge in [-0.3, -0.25) is 4.79 Å². The molecule has 2 rings (SSSR count). The van der Waals surface area contributed by atoms with Crippen LogP contribution in [0.5, 0.6) is 0 Å². The van der Waals surface area contributed by atoms with Crippen molar-refractivity contribution in [1.29, 1.82) is 0 Å². The SMILES string of the molecule is CCOC(=O)C1NC(=O)CC1c1cc(C)ccc1F. The zero-order chi connectivity index (χ0) is 14.0. The van der Waals surface area contributed by atoms with Crippen LogP contribution in [0, 0.1) is 12.7 Å². The van der Waals surface area contributed by atoms with E-state index in [1.807, 2.05) is 6.92 Å². The number of aryl methyl sites for hydroxylation is 1. The number of carbonyl (C=O) groups excluding carboxylic acids is 2. The molecule has 1 N–H and O–H groups in total. The van der Waals surface area contributed by atoms with E-state index in [9.17, 15) is 14.0 Å². The van der Waals surface area contributed by atoms with Crippen molar-refractivity contribution in [2.75, 3.05) is 6.61 Å². The van der Waals surface area contributed by atoms with Crippen molar-refractivity contribution in [2.24, 2.45) is 0 Å². The molecular weight excluding hydrogens is 249 g/mol.